The number of ether oxygens (including phenoxy) is 2. The molecule has 1 aromatic carbocycles. The Hall–Kier alpha value is -1.48. The maximum absolute atomic E-state index is 6.58. The highest BCUT2D eigenvalue weighted by Crippen LogP contribution is 2.53. The quantitative estimate of drug-likeness (QED) is 0.467. The molecule has 0 radical (unpaired) electrons. The van der Waals surface area contributed by atoms with Gasteiger partial charge in [-0.1, -0.05) is 31.4 Å². The van der Waals surface area contributed by atoms with Crippen molar-refractivity contribution < 1.29 is 9.47 Å². The van der Waals surface area contributed by atoms with Crippen molar-refractivity contribution in [3.8, 4) is 11.5 Å². The molecule has 0 spiro atoms. The molecular formula is C24H37NO2. The highest BCUT2D eigenvalue weighted by atomic mass is 16.5. The Morgan fingerprint density at radius 3 is 2.78 bits per heavy atom. The predicted molar refractivity (Wildman–Crippen MR) is 113 cm³/mol. The van der Waals surface area contributed by atoms with Crippen LogP contribution in [-0.4, -0.2) is 18.8 Å². The summed E-state index contributed by atoms with van der Waals surface area (Å²) in [4.78, 5) is 0. The number of nitrogens with two attached hydrogens (primary N) is 1. The zero-order valence-corrected chi connectivity index (χ0v) is 17.6. The number of aryl methyl sites for hydroxylation is 1. The molecule has 3 rings (SSSR count). The summed E-state index contributed by atoms with van der Waals surface area (Å²) in [5, 5.41) is 0. The van der Waals surface area contributed by atoms with Crippen molar-refractivity contribution in [2.45, 2.75) is 84.2 Å². The van der Waals surface area contributed by atoms with Gasteiger partial charge in [0.2, 0.25) is 0 Å². The van der Waals surface area contributed by atoms with Gasteiger partial charge in [0, 0.05) is 17.4 Å². The molecule has 1 aliphatic heterocycles. The fraction of sp³-hybridized carbons (Fsp3) is 0.667. The Bertz CT molecular complexity index is 677. The van der Waals surface area contributed by atoms with Gasteiger partial charge in [0.25, 0.3) is 0 Å². The van der Waals surface area contributed by atoms with Crippen LogP contribution in [0.5, 0.6) is 11.5 Å². The minimum Gasteiger partial charge on any atom is -0.493 e. The maximum Gasteiger partial charge on any atom is 0.127 e. The smallest absolute Gasteiger partial charge is 0.127 e. The SMILES string of the molecule is CCCCCc1cc(OCCCN)c2c(c1)OC(C)(C)[C@@H]1CCC(C)=C[C@@H]21. The highest BCUT2D eigenvalue weighted by molar-refractivity contribution is 5.54. The Kier molecular flexibility index (Phi) is 6.52. The van der Waals surface area contributed by atoms with E-state index in [4.69, 9.17) is 15.2 Å². The summed E-state index contributed by atoms with van der Waals surface area (Å²) >= 11 is 0. The van der Waals surface area contributed by atoms with Gasteiger partial charge in [-0.15, -0.1) is 0 Å². The van der Waals surface area contributed by atoms with Gasteiger partial charge in [-0.05, 0) is 77.1 Å². The van der Waals surface area contributed by atoms with Crippen LogP contribution in [0.3, 0.4) is 0 Å². The van der Waals surface area contributed by atoms with Crippen molar-refractivity contribution >= 4 is 0 Å². The van der Waals surface area contributed by atoms with Gasteiger partial charge in [0.05, 0.1) is 6.61 Å². The van der Waals surface area contributed by atoms with Crippen LogP contribution < -0.4 is 15.2 Å². The fourth-order valence-electron chi connectivity index (χ4n) is 4.67. The van der Waals surface area contributed by atoms with Gasteiger partial charge < -0.3 is 15.2 Å². The van der Waals surface area contributed by atoms with Crippen molar-refractivity contribution in [2.24, 2.45) is 11.7 Å². The molecule has 2 aliphatic rings. The van der Waals surface area contributed by atoms with E-state index in [1.165, 1.54) is 48.8 Å². The second kappa shape index (κ2) is 8.68. The molecule has 0 saturated heterocycles. The molecule has 150 valence electrons. The van der Waals surface area contributed by atoms with Gasteiger partial charge in [-0.25, -0.2) is 0 Å². The van der Waals surface area contributed by atoms with E-state index in [2.05, 4.69) is 45.9 Å². The maximum atomic E-state index is 6.58. The van der Waals surface area contributed by atoms with Crippen LogP contribution in [0.25, 0.3) is 0 Å². The first-order chi connectivity index (χ1) is 13.0. The molecule has 3 nitrogen and oxygen atoms in total. The summed E-state index contributed by atoms with van der Waals surface area (Å²) in [6, 6.07) is 4.54. The molecule has 2 N–H and O–H groups in total. The Morgan fingerprint density at radius 2 is 2.04 bits per heavy atom. The van der Waals surface area contributed by atoms with E-state index in [-0.39, 0.29) is 5.60 Å². The van der Waals surface area contributed by atoms with E-state index in [1.807, 2.05) is 0 Å². The first-order valence-corrected chi connectivity index (χ1v) is 10.8. The molecule has 27 heavy (non-hydrogen) atoms. The van der Waals surface area contributed by atoms with E-state index < -0.39 is 0 Å². The van der Waals surface area contributed by atoms with E-state index in [9.17, 15) is 0 Å². The average molecular weight is 372 g/mol. The lowest BCUT2D eigenvalue weighted by Gasteiger charge is -2.46. The van der Waals surface area contributed by atoms with Crippen LogP contribution >= 0.6 is 0 Å². The van der Waals surface area contributed by atoms with Crippen LogP contribution in [0.4, 0.5) is 0 Å². The number of fused-ring (bicyclic) bond motifs is 3. The topological polar surface area (TPSA) is 44.5 Å². The van der Waals surface area contributed by atoms with Gasteiger partial charge >= 0.3 is 0 Å². The van der Waals surface area contributed by atoms with E-state index in [0.29, 0.717) is 25.0 Å². The molecule has 1 heterocycles. The van der Waals surface area contributed by atoms with Crippen LogP contribution in [0.15, 0.2) is 23.8 Å². The summed E-state index contributed by atoms with van der Waals surface area (Å²) in [6.07, 6.45) is 10.5. The molecule has 3 heteroatoms. The van der Waals surface area contributed by atoms with Crippen LogP contribution in [-0.2, 0) is 6.42 Å². The number of allylic oxidation sites excluding steroid dienone is 2. The van der Waals surface area contributed by atoms with E-state index >= 15 is 0 Å². The van der Waals surface area contributed by atoms with Crippen molar-refractivity contribution in [3.05, 3.63) is 34.9 Å². The Labute approximate surface area is 165 Å². The highest BCUT2D eigenvalue weighted by Gasteiger charge is 2.45. The molecule has 0 saturated carbocycles. The van der Waals surface area contributed by atoms with Crippen LogP contribution in [0, 0.1) is 5.92 Å². The standard InChI is InChI=1S/C24H37NO2/c1-5-6-7-9-18-15-21(26-13-8-12-25)23-19-14-17(2)10-11-20(19)24(3,4)27-22(23)16-18/h14-16,19-20H,5-13,25H2,1-4H3/t19-,20-/m1/s1. The van der Waals surface area contributed by atoms with E-state index in [0.717, 1.165) is 24.3 Å². The largest absolute Gasteiger partial charge is 0.493 e. The summed E-state index contributed by atoms with van der Waals surface area (Å²) in [6.45, 7) is 10.3. The molecule has 0 fully saturated rings. The third-order valence-corrected chi connectivity index (χ3v) is 6.19. The average Bonchev–Trinajstić information content (AvgIpc) is 2.61. The van der Waals surface area contributed by atoms with Gasteiger partial charge in [0.15, 0.2) is 0 Å². The Balaban J connectivity index is 2.00. The van der Waals surface area contributed by atoms with E-state index in [1.54, 1.807) is 0 Å². The third kappa shape index (κ3) is 4.51. The lowest BCUT2D eigenvalue weighted by molar-refractivity contribution is 0.0104. The molecular weight excluding hydrogens is 334 g/mol. The minimum absolute atomic E-state index is 0.147. The monoisotopic (exact) mass is 371 g/mol. The summed E-state index contributed by atoms with van der Waals surface area (Å²) in [7, 11) is 0. The van der Waals surface area contributed by atoms with Crippen molar-refractivity contribution in [1.82, 2.24) is 0 Å². The number of rotatable bonds is 8. The normalized spacial score (nSPS) is 23.1. The van der Waals surface area contributed by atoms with Crippen molar-refractivity contribution in [3.63, 3.8) is 0 Å². The van der Waals surface area contributed by atoms with Crippen molar-refractivity contribution in [2.75, 3.05) is 13.2 Å². The van der Waals surface area contributed by atoms with Crippen LogP contribution in [0.1, 0.15) is 83.3 Å². The summed E-state index contributed by atoms with van der Waals surface area (Å²) < 4.78 is 12.8. The lowest BCUT2D eigenvalue weighted by Crippen LogP contribution is -2.45. The summed E-state index contributed by atoms with van der Waals surface area (Å²) in [5.74, 6) is 2.93. The van der Waals surface area contributed by atoms with Gasteiger partial charge in [-0.2, -0.15) is 0 Å². The fourth-order valence-corrected chi connectivity index (χ4v) is 4.67. The van der Waals surface area contributed by atoms with Gasteiger partial charge in [-0.3, -0.25) is 0 Å². The van der Waals surface area contributed by atoms with Crippen LogP contribution in [0.2, 0.25) is 0 Å². The first kappa shape index (κ1) is 20.3. The summed E-state index contributed by atoms with van der Waals surface area (Å²) in [5.41, 5.74) is 9.61. The Morgan fingerprint density at radius 1 is 1.22 bits per heavy atom. The lowest BCUT2D eigenvalue weighted by atomic mass is 9.68. The third-order valence-electron chi connectivity index (χ3n) is 6.19. The molecule has 0 bridgehead atoms. The molecule has 0 aromatic heterocycles. The molecule has 1 aliphatic carbocycles. The predicted octanol–water partition coefficient (Wildman–Crippen LogP) is 5.76. The van der Waals surface area contributed by atoms with Crippen molar-refractivity contribution in [1.29, 1.82) is 0 Å². The zero-order chi connectivity index (χ0) is 19.4. The zero-order valence-electron chi connectivity index (χ0n) is 17.6. The van der Waals surface area contributed by atoms with Gasteiger partial charge in [0.1, 0.15) is 17.1 Å². The number of unbranched alkanes of at least 4 members (excludes halogenated alkanes) is 2. The molecule has 2 atom stereocenters. The molecule has 1 aromatic rings. The number of hydrogen-bond donors (Lipinski definition) is 1. The number of hydrogen-bond acceptors (Lipinski definition) is 3. The number of benzene rings is 1. The minimum atomic E-state index is -0.147. The molecule has 0 unspecified atom stereocenters. The molecule has 0 amide bonds. The second-order valence-electron chi connectivity index (χ2n) is 8.84. The first-order valence-electron chi connectivity index (χ1n) is 10.8. The second-order valence-corrected chi connectivity index (χ2v) is 8.84.